The Morgan fingerprint density at radius 1 is 1.71 bits per heavy atom. The normalized spacial score (nSPS) is 11.8. The zero-order valence-electron chi connectivity index (χ0n) is 9.31. The minimum atomic E-state index is -1.24. The molecular weight excluding hydrogens is 242 g/mol. The number of carbonyl (C=O) groups excluding carboxylic acids is 1. The van der Waals surface area contributed by atoms with Gasteiger partial charge in [-0.3, -0.25) is 4.79 Å². The second kappa shape index (κ2) is 5.50. The molecule has 0 aliphatic heterocycles. The summed E-state index contributed by atoms with van der Waals surface area (Å²) in [6.07, 6.45) is 0.431. The first-order valence-corrected chi connectivity index (χ1v) is 5.78. The third kappa shape index (κ3) is 3.07. The van der Waals surface area contributed by atoms with E-state index in [9.17, 15) is 14.7 Å². The smallest absolute Gasteiger partial charge is 0.269 e. The number of rotatable bonds is 4. The van der Waals surface area contributed by atoms with Crippen LogP contribution in [0.2, 0.25) is 0 Å². The van der Waals surface area contributed by atoms with Crippen molar-refractivity contribution in [2.24, 2.45) is 0 Å². The third-order valence-corrected chi connectivity index (χ3v) is 3.00. The molecule has 0 saturated heterocycles. The highest BCUT2D eigenvalue weighted by Crippen LogP contribution is 2.18. The maximum atomic E-state index is 11.5. The number of hydrogen-bond acceptors (Lipinski definition) is 6. The molecule has 0 saturated carbocycles. The van der Waals surface area contributed by atoms with Gasteiger partial charge in [-0.1, -0.05) is 18.7 Å². The molecule has 0 amide bonds. The highest BCUT2D eigenvalue weighted by molar-refractivity contribution is 8.00. The molecule has 0 aromatic carbocycles. The summed E-state index contributed by atoms with van der Waals surface area (Å²) in [5.74, 6) is -1.24. The van der Waals surface area contributed by atoms with E-state index in [1.165, 1.54) is 6.92 Å². The largest absolute Gasteiger partial charge is 0.549 e. The Kier molecular flexibility index (Phi) is 4.29. The Balaban J connectivity index is 3.13. The van der Waals surface area contributed by atoms with Crippen molar-refractivity contribution in [3.63, 3.8) is 0 Å². The molecule has 90 valence electrons. The Morgan fingerprint density at radius 3 is 2.82 bits per heavy atom. The molecule has 0 spiro atoms. The second-order valence-corrected chi connectivity index (χ2v) is 4.57. The third-order valence-electron chi connectivity index (χ3n) is 2.04. The van der Waals surface area contributed by atoms with E-state index in [1.807, 2.05) is 0 Å². The highest BCUT2D eigenvalue weighted by Gasteiger charge is 2.12. The molecule has 1 aromatic heterocycles. The molecular formula is C10H10N3O3S-. The molecule has 0 aliphatic rings. The summed E-state index contributed by atoms with van der Waals surface area (Å²) >= 11 is 0.876. The van der Waals surface area contributed by atoms with Crippen molar-refractivity contribution in [2.45, 2.75) is 30.7 Å². The Bertz CT molecular complexity index is 533. The fraction of sp³-hybridized carbons (Fsp3) is 0.400. The summed E-state index contributed by atoms with van der Waals surface area (Å²) in [5.41, 5.74) is -0.213. The van der Waals surface area contributed by atoms with Crippen LogP contribution in [0.1, 0.15) is 25.1 Å². The molecule has 0 bridgehead atoms. The highest BCUT2D eigenvalue weighted by atomic mass is 32.2. The van der Waals surface area contributed by atoms with Gasteiger partial charge in [0.05, 0.1) is 11.7 Å². The fourth-order valence-electron chi connectivity index (χ4n) is 1.14. The number of aliphatic carboxylic acids is 1. The number of H-pyrrole nitrogens is 1. The molecule has 0 unspecified atom stereocenters. The van der Waals surface area contributed by atoms with Gasteiger partial charge in [-0.15, -0.1) is 0 Å². The number of nitriles is 1. The van der Waals surface area contributed by atoms with Crippen LogP contribution >= 0.6 is 11.8 Å². The lowest BCUT2D eigenvalue weighted by molar-refractivity contribution is -0.304. The molecule has 6 nitrogen and oxygen atoms in total. The lowest BCUT2D eigenvalue weighted by atomic mass is 10.2. The van der Waals surface area contributed by atoms with Crippen LogP contribution in [0.15, 0.2) is 9.95 Å². The summed E-state index contributed by atoms with van der Waals surface area (Å²) in [5, 5.41) is 18.7. The van der Waals surface area contributed by atoms with E-state index < -0.39 is 16.8 Å². The predicted molar refractivity (Wildman–Crippen MR) is 59.3 cm³/mol. The van der Waals surface area contributed by atoms with Gasteiger partial charge in [-0.25, -0.2) is 4.98 Å². The molecule has 0 aliphatic carbocycles. The van der Waals surface area contributed by atoms with Gasteiger partial charge in [0.15, 0.2) is 5.16 Å². The summed E-state index contributed by atoms with van der Waals surface area (Å²) in [6.45, 7) is 3.20. The molecule has 0 fully saturated rings. The number of aromatic nitrogens is 2. The molecule has 0 radical (unpaired) electrons. The van der Waals surface area contributed by atoms with Gasteiger partial charge in [-0.2, -0.15) is 5.26 Å². The van der Waals surface area contributed by atoms with E-state index in [1.54, 1.807) is 13.0 Å². The van der Waals surface area contributed by atoms with Crippen molar-refractivity contribution in [1.82, 2.24) is 9.97 Å². The Labute approximate surface area is 102 Å². The minimum absolute atomic E-state index is 0.0297. The first kappa shape index (κ1) is 13.3. The van der Waals surface area contributed by atoms with Crippen LogP contribution < -0.4 is 10.7 Å². The Hall–Kier alpha value is -1.81. The van der Waals surface area contributed by atoms with E-state index in [4.69, 9.17) is 5.26 Å². The van der Waals surface area contributed by atoms with Crippen molar-refractivity contribution < 1.29 is 9.90 Å². The Morgan fingerprint density at radius 2 is 2.35 bits per heavy atom. The summed E-state index contributed by atoms with van der Waals surface area (Å²) in [4.78, 5) is 28.5. The maximum Gasteiger partial charge on any atom is 0.269 e. The van der Waals surface area contributed by atoms with Gasteiger partial charge in [0.25, 0.3) is 5.56 Å². The van der Waals surface area contributed by atoms with E-state index in [-0.39, 0.29) is 10.7 Å². The minimum Gasteiger partial charge on any atom is -0.549 e. The van der Waals surface area contributed by atoms with Crippen LogP contribution in [0, 0.1) is 11.3 Å². The van der Waals surface area contributed by atoms with Gasteiger partial charge in [0.2, 0.25) is 0 Å². The lowest BCUT2D eigenvalue weighted by Crippen LogP contribution is -2.31. The van der Waals surface area contributed by atoms with E-state index in [0.717, 1.165) is 11.8 Å². The molecule has 1 aromatic rings. The van der Waals surface area contributed by atoms with Gasteiger partial charge >= 0.3 is 0 Å². The van der Waals surface area contributed by atoms with E-state index >= 15 is 0 Å². The first-order chi connectivity index (χ1) is 7.99. The van der Waals surface area contributed by atoms with Crippen molar-refractivity contribution in [1.29, 1.82) is 5.26 Å². The zero-order valence-corrected chi connectivity index (χ0v) is 10.1. The number of carboxylic acids is 1. The number of aryl methyl sites for hydroxylation is 1. The average Bonchev–Trinajstić information content (AvgIpc) is 2.27. The first-order valence-electron chi connectivity index (χ1n) is 4.90. The topological polar surface area (TPSA) is 110 Å². The van der Waals surface area contributed by atoms with Crippen LogP contribution in [0.3, 0.4) is 0 Å². The van der Waals surface area contributed by atoms with Crippen LogP contribution in [0.5, 0.6) is 0 Å². The number of thioether (sulfide) groups is 1. The van der Waals surface area contributed by atoms with Gasteiger partial charge in [0, 0.05) is 5.25 Å². The van der Waals surface area contributed by atoms with Gasteiger partial charge in [-0.05, 0) is 13.3 Å². The van der Waals surface area contributed by atoms with Crippen molar-refractivity contribution in [3.05, 3.63) is 21.6 Å². The molecule has 1 N–H and O–H groups in total. The molecule has 17 heavy (non-hydrogen) atoms. The summed E-state index contributed by atoms with van der Waals surface area (Å²) in [7, 11) is 0. The number of aromatic amines is 1. The van der Waals surface area contributed by atoms with Crippen molar-refractivity contribution in [3.8, 4) is 6.07 Å². The van der Waals surface area contributed by atoms with Crippen LogP contribution in [-0.4, -0.2) is 21.2 Å². The predicted octanol–water partition coefficient (Wildman–Crippen LogP) is -0.566. The van der Waals surface area contributed by atoms with Crippen LogP contribution in [-0.2, 0) is 11.2 Å². The average molecular weight is 252 g/mol. The summed E-state index contributed by atoms with van der Waals surface area (Å²) < 4.78 is 0. The standard InChI is InChI=1S/C10H11N3O3S/c1-3-7-6(4-11)8(14)13-10(12-7)17-5(2)9(15)16/h5H,3H2,1-2H3,(H,15,16)(H,12,13,14)/p-1/t5-/m0/s1. The van der Waals surface area contributed by atoms with Crippen molar-refractivity contribution in [2.75, 3.05) is 0 Å². The maximum absolute atomic E-state index is 11.5. The van der Waals surface area contributed by atoms with Crippen LogP contribution in [0.25, 0.3) is 0 Å². The van der Waals surface area contributed by atoms with Crippen molar-refractivity contribution >= 4 is 17.7 Å². The number of nitrogens with zero attached hydrogens (tertiary/aromatic N) is 2. The van der Waals surface area contributed by atoms with E-state index in [0.29, 0.717) is 12.1 Å². The number of carbonyl (C=O) groups is 1. The van der Waals surface area contributed by atoms with Crippen LogP contribution in [0.4, 0.5) is 0 Å². The molecule has 7 heteroatoms. The lowest BCUT2D eigenvalue weighted by Gasteiger charge is -2.11. The monoisotopic (exact) mass is 252 g/mol. The summed E-state index contributed by atoms with van der Waals surface area (Å²) in [6, 6.07) is 1.77. The number of carboxylic acid groups (broad SMARTS) is 1. The quantitative estimate of drug-likeness (QED) is 0.568. The number of hydrogen-bond donors (Lipinski definition) is 1. The van der Waals surface area contributed by atoms with Gasteiger partial charge < -0.3 is 14.9 Å². The molecule has 1 heterocycles. The number of nitrogens with one attached hydrogen (secondary N) is 1. The second-order valence-electron chi connectivity index (χ2n) is 3.24. The van der Waals surface area contributed by atoms with E-state index in [2.05, 4.69) is 9.97 Å². The zero-order chi connectivity index (χ0) is 13.0. The fourth-order valence-corrected chi connectivity index (χ4v) is 1.89. The SMILES string of the molecule is CCc1nc(S[C@@H](C)C(=O)[O-])[nH]c(=O)c1C#N. The van der Waals surface area contributed by atoms with Gasteiger partial charge in [0.1, 0.15) is 11.6 Å². The molecule has 1 rings (SSSR count). The molecule has 1 atom stereocenters.